The second-order valence-electron chi connectivity index (χ2n) is 2.43. The molecule has 1 rings (SSSR count). The van der Waals surface area contributed by atoms with Crippen molar-refractivity contribution in [1.29, 1.82) is 0 Å². The van der Waals surface area contributed by atoms with Gasteiger partial charge in [-0.15, -0.1) is 0 Å². The number of rotatable bonds is 2. The molecule has 5 heteroatoms. The first-order chi connectivity index (χ1) is 6.11. The highest BCUT2D eigenvalue weighted by molar-refractivity contribution is 9.10. The Hall–Kier alpha value is -0.520. The van der Waals surface area contributed by atoms with Crippen molar-refractivity contribution >= 4 is 15.9 Å². The van der Waals surface area contributed by atoms with Crippen LogP contribution in [0.5, 0.6) is 0 Å². The van der Waals surface area contributed by atoms with E-state index in [-0.39, 0.29) is 10.0 Å². The molecular weight excluding hydrogens is 246 g/mol. The van der Waals surface area contributed by atoms with Crippen LogP contribution in [0.25, 0.3) is 0 Å². The van der Waals surface area contributed by atoms with Crippen molar-refractivity contribution in [2.24, 2.45) is 0 Å². The van der Waals surface area contributed by atoms with Gasteiger partial charge in [0.2, 0.25) is 0 Å². The molecule has 0 radical (unpaired) electrons. The van der Waals surface area contributed by atoms with Crippen molar-refractivity contribution in [3.63, 3.8) is 0 Å². The summed E-state index contributed by atoms with van der Waals surface area (Å²) in [6.45, 7) is -1.27. The van der Waals surface area contributed by atoms with Gasteiger partial charge >= 0.3 is 0 Å². The summed E-state index contributed by atoms with van der Waals surface area (Å²) >= 11 is 2.90. The highest BCUT2D eigenvalue weighted by Crippen LogP contribution is 2.25. The molecule has 0 unspecified atom stereocenters. The van der Waals surface area contributed by atoms with E-state index in [1.807, 2.05) is 0 Å². The fourth-order valence-electron chi connectivity index (χ4n) is 0.967. The summed E-state index contributed by atoms with van der Waals surface area (Å²) in [5, 5.41) is 17.4. The van der Waals surface area contributed by atoms with E-state index >= 15 is 0 Å². The number of halogens is 3. The third-order valence-electron chi connectivity index (χ3n) is 1.68. The highest BCUT2D eigenvalue weighted by Gasteiger charge is 2.15. The molecule has 0 atom stereocenters. The van der Waals surface area contributed by atoms with Crippen LogP contribution in [0, 0.1) is 11.6 Å². The highest BCUT2D eigenvalue weighted by atomic mass is 79.9. The standard InChI is InChI=1S/C8H7BrF2O2/c9-6-1-7(10)5(3-13)8(11)4(6)2-12/h1,12-13H,2-3H2. The van der Waals surface area contributed by atoms with Crippen molar-refractivity contribution < 1.29 is 19.0 Å². The van der Waals surface area contributed by atoms with E-state index in [2.05, 4.69) is 15.9 Å². The minimum atomic E-state index is -0.906. The Morgan fingerprint density at radius 3 is 2.15 bits per heavy atom. The second-order valence-corrected chi connectivity index (χ2v) is 3.28. The third-order valence-corrected chi connectivity index (χ3v) is 2.38. The SMILES string of the molecule is OCc1c(F)cc(Br)c(CO)c1F. The number of benzene rings is 1. The Bertz CT molecular complexity index is 300. The van der Waals surface area contributed by atoms with E-state index in [1.54, 1.807) is 0 Å². The zero-order chi connectivity index (χ0) is 10.0. The van der Waals surface area contributed by atoms with Crippen LogP contribution in [0.4, 0.5) is 8.78 Å². The van der Waals surface area contributed by atoms with Gasteiger partial charge in [-0.3, -0.25) is 0 Å². The van der Waals surface area contributed by atoms with Crippen LogP contribution in [0.1, 0.15) is 11.1 Å². The Labute approximate surface area is 81.9 Å². The van der Waals surface area contributed by atoms with Crippen molar-refractivity contribution in [3.8, 4) is 0 Å². The summed E-state index contributed by atoms with van der Waals surface area (Å²) < 4.78 is 26.3. The number of aliphatic hydroxyl groups excluding tert-OH is 2. The van der Waals surface area contributed by atoms with Crippen molar-refractivity contribution in [1.82, 2.24) is 0 Å². The molecule has 0 fully saturated rings. The molecular formula is C8H7BrF2O2. The fraction of sp³-hybridized carbons (Fsp3) is 0.250. The van der Waals surface area contributed by atoms with Gasteiger partial charge in [0.25, 0.3) is 0 Å². The molecule has 0 aliphatic heterocycles. The van der Waals surface area contributed by atoms with Crippen LogP contribution in [0.3, 0.4) is 0 Å². The molecule has 1 aromatic rings. The molecule has 72 valence electrons. The lowest BCUT2D eigenvalue weighted by molar-refractivity contribution is 0.258. The number of hydrogen-bond donors (Lipinski definition) is 2. The smallest absolute Gasteiger partial charge is 0.138 e. The minimum absolute atomic E-state index is 0.0505. The molecule has 0 aliphatic rings. The first-order valence-electron chi connectivity index (χ1n) is 3.48. The molecule has 0 bridgehead atoms. The largest absolute Gasteiger partial charge is 0.392 e. The van der Waals surface area contributed by atoms with Gasteiger partial charge in [0.1, 0.15) is 11.6 Å². The van der Waals surface area contributed by atoms with E-state index in [9.17, 15) is 8.78 Å². The van der Waals surface area contributed by atoms with E-state index in [0.29, 0.717) is 0 Å². The van der Waals surface area contributed by atoms with Gasteiger partial charge in [-0.2, -0.15) is 0 Å². The van der Waals surface area contributed by atoms with Gasteiger partial charge in [0, 0.05) is 15.6 Å². The average molecular weight is 253 g/mol. The van der Waals surface area contributed by atoms with Crippen molar-refractivity contribution in [2.75, 3.05) is 0 Å². The maximum Gasteiger partial charge on any atom is 0.138 e. The molecule has 2 N–H and O–H groups in total. The molecule has 0 saturated carbocycles. The maximum atomic E-state index is 13.2. The lowest BCUT2D eigenvalue weighted by Crippen LogP contribution is -2.02. The Morgan fingerprint density at radius 1 is 1.15 bits per heavy atom. The summed E-state index contributed by atoms with van der Waals surface area (Å²) in [4.78, 5) is 0. The quantitative estimate of drug-likeness (QED) is 0.842. The van der Waals surface area contributed by atoms with Gasteiger partial charge < -0.3 is 10.2 Å². The molecule has 0 heterocycles. The number of hydrogen-bond acceptors (Lipinski definition) is 2. The van der Waals surface area contributed by atoms with Gasteiger partial charge in [-0.1, -0.05) is 15.9 Å². The van der Waals surface area contributed by atoms with Crippen LogP contribution >= 0.6 is 15.9 Å². The monoisotopic (exact) mass is 252 g/mol. The van der Waals surface area contributed by atoms with E-state index in [1.165, 1.54) is 0 Å². The molecule has 0 aromatic heterocycles. The second kappa shape index (κ2) is 4.13. The topological polar surface area (TPSA) is 40.5 Å². The summed E-state index contributed by atoms with van der Waals surface area (Å²) in [7, 11) is 0. The first kappa shape index (κ1) is 10.6. The average Bonchev–Trinajstić information content (AvgIpc) is 2.04. The molecule has 0 spiro atoms. The number of aliphatic hydroxyl groups is 2. The summed E-state index contributed by atoms with van der Waals surface area (Å²) in [6, 6.07) is 1.01. The zero-order valence-electron chi connectivity index (χ0n) is 6.52. The Balaban J connectivity index is 3.39. The molecule has 0 saturated heterocycles. The van der Waals surface area contributed by atoms with Gasteiger partial charge in [-0.05, 0) is 6.07 Å². The minimum Gasteiger partial charge on any atom is -0.392 e. The van der Waals surface area contributed by atoms with Crippen LogP contribution in [-0.2, 0) is 13.2 Å². The van der Waals surface area contributed by atoms with Gasteiger partial charge in [0.05, 0.1) is 13.2 Å². The van der Waals surface area contributed by atoms with E-state index in [4.69, 9.17) is 10.2 Å². The van der Waals surface area contributed by atoms with Crippen molar-refractivity contribution in [2.45, 2.75) is 13.2 Å². The summed E-state index contributed by atoms with van der Waals surface area (Å²) in [5.41, 5.74) is -0.474. The normalized spacial score (nSPS) is 10.5. The molecule has 2 nitrogen and oxygen atoms in total. The lowest BCUT2D eigenvalue weighted by atomic mass is 10.1. The van der Waals surface area contributed by atoms with E-state index in [0.717, 1.165) is 6.07 Å². The van der Waals surface area contributed by atoms with Crippen LogP contribution in [0.2, 0.25) is 0 Å². The van der Waals surface area contributed by atoms with Crippen molar-refractivity contribution in [3.05, 3.63) is 33.3 Å². The lowest BCUT2D eigenvalue weighted by Gasteiger charge is -2.07. The summed E-state index contributed by atoms with van der Waals surface area (Å²) in [5.74, 6) is -1.74. The molecule has 0 amide bonds. The Morgan fingerprint density at radius 2 is 1.69 bits per heavy atom. The Kier molecular flexibility index (Phi) is 3.35. The predicted octanol–water partition coefficient (Wildman–Crippen LogP) is 1.71. The van der Waals surface area contributed by atoms with Crippen LogP contribution in [0.15, 0.2) is 10.5 Å². The molecule has 1 aromatic carbocycles. The molecule has 13 heavy (non-hydrogen) atoms. The zero-order valence-corrected chi connectivity index (χ0v) is 8.11. The fourth-order valence-corrected chi connectivity index (χ4v) is 1.47. The molecule has 0 aliphatic carbocycles. The van der Waals surface area contributed by atoms with Gasteiger partial charge in [-0.25, -0.2) is 8.78 Å². The summed E-state index contributed by atoms with van der Waals surface area (Å²) in [6.07, 6.45) is 0. The van der Waals surface area contributed by atoms with Crippen LogP contribution in [-0.4, -0.2) is 10.2 Å². The van der Waals surface area contributed by atoms with Crippen LogP contribution < -0.4 is 0 Å². The third kappa shape index (κ3) is 1.87. The predicted molar refractivity (Wildman–Crippen MR) is 45.9 cm³/mol. The van der Waals surface area contributed by atoms with Gasteiger partial charge in [0.15, 0.2) is 0 Å². The van der Waals surface area contributed by atoms with E-state index < -0.39 is 30.4 Å². The first-order valence-corrected chi connectivity index (χ1v) is 4.28. The maximum absolute atomic E-state index is 13.2.